The van der Waals surface area contributed by atoms with Crippen molar-refractivity contribution in [3.05, 3.63) is 70.3 Å². The van der Waals surface area contributed by atoms with Crippen LogP contribution in [0.3, 0.4) is 0 Å². The number of fused-ring (bicyclic) bond motifs is 5. The number of benzene rings is 3. The van der Waals surface area contributed by atoms with Crippen molar-refractivity contribution in [3.8, 4) is 17.2 Å². The number of ether oxygens (including phenoxy) is 2. The quantitative estimate of drug-likeness (QED) is 0.186. The lowest BCUT2D eigenvalue weighted by Gasteiger charge is -2.27. The van der Waals surface area contributed by atoms with Crippen LogP contribution in [0.4, 0.5) is 14.9 Å². The van der Waals surface area contributed by atoms with Crippen molar-refractivity contribution in [3.63, 3.8) is 0 Å². The van der Waals surface area contributed by atoms with E-state index in [4.69, 9.17) is 13.9 Å². The van der Waals surface area contributed by atoms with Crippen LogP contribution in [0.15, 0.2) is 57.9 Å². The second kappa shape index (κ2) is 11.8. The number of carbonyl (C=O) groups is 2. The molecule has 2 atom stereocenters. The van der Waals surface area contributed by atoms with Crippen molar-refractivity contribution < 1.29 is 27.9 Å². The molecule has 3 N–H and O–H groups in total. The topological polar surface area (TPSA) is 127 Å². The van der Waals surface area contributed by atoms with Gasteiger partial charge in [-0.1, -0.05) is 18.2 Å². The molecule has 3 aliphatic rings. The van der Waals surface area contributed by atoms with Gasteiger partial charge in [-0.3, -0.25) is 9.59 Å². The summed E-state index contributed by atoms with van der Waals surface area (Å²) < 4.78 is 35.8. The van der Waals surface area contributed by atoms with Crippen LogP contribution < -0.4 is 26.1 Å². The summed E-state index contributed by atoms with van der Waals surface area (Å²) in [6, 6.07) is 12.6. The first-order valence-corrected chi connectivity index (χ1v) is 16.9. The molecule has 12 heteroatoms. The first-order valence-electron chi connectivity index (χ1n) is 16.9. The highest BCUT2D eigenvalue weighted by Gasteiger charge is 2.34. The number of para-hydroxylation sites is 1. The second-order valence-electron chi connectivity index (χ2n) is 14.1. The van der Waals surface area contributed by atoms with Crippen molar-refractivity contribution in [2.24, 2.45) is 0 Å². The smallest absolute Gasteiger partial charge is 0.407 e. The molecule has 3 aromatic carbocycles. The van der Waals surface area contributed by atoms with Crippen molar-refractivity contribution in [2.75, 3.05) is 31.5 Å². The summed E-state index contributed by atoms with van der Waals surface area (Å²) in [7, 11) is 0. The minimum atomic E-state index is -0.663. The molecular weight excluding hydrogens is 629 g/mol. The number of anilines is 1. The summed E-state index contributed by atoms with van der Waals surface area (Å²) in [6.45, 7) is 7.34. The van der Waals surface area contributed by atoms with E-state index in [0.29, 0.717) is 53.7 Å². The van der Waals surface area contributed by atoms with Gasteiger partial charge in [0.25, 0.3) is 5.91 Å². The third-order valence-corrected chi connectivity index (χ3v) is 9.51. The standard InChI is InChI=1S/C37H38FN5O6/c1-37(2,3)49-36(46)41-21-11-14-42(18-21)35(45)25-19-43-27-17-29-23(22-8-4-5-9-28(22)47-29)16-30(27)48-34-31(40-13-10-20-7-6-12-39-20)26(38)15-24(32(34)43)33(25)44/h4-5,8-9,15-17,19-21,39-40H,6-7,10-14,18H2,1-3H3,(H,41,46). The van der Waals surface area contributed by atoms with Gasteiger partial charge in [-0.05, 0) is 71.2 Å². The van der Waals surface area contributed by atoms with Gasteiger partial charge in [-0.25, -0.2) is 9.18 Å². The summed E-state index contributed by atoms with van der Waals surface area (Å²) >= 11 is 0. The van der Waals surface area contributed by atoms with E-state index in [1.807, 2.05) is 36.4 Å². The van der Waals surface area contributed by atoms with Crippen molar-refractivity contribution in [1.29, 1.82) is 0 Å². The van der Waals surface area contributed by atoms with Crippen molar-refractivity contribution >= 4 is 50.5 Å². The molecular formula is C37H38FN5O6. The normalized spacial score (nSPS) is 18.6. The van der Waals surface area contributed by atoms with Crippen molar-refractivity contribution in [1.82, 2.24) is 20.1 Å². The average Bonchev–Trinajstić information content (AvgIpc) is 3.82. The van der Waals surface area contributed by atoms with Gasteiger partial charge in [-0.2, -0.15) is 0 Å². The van der Waals surface area contributed by atoms with Crippen LogP contribution in [0.2, 0.25) is 0 Å². The molecule has 2 unspecified atom stereocenters. The van der Waals surface area contributed by atoms with E-state index >= 15 is 4.39 Å². The van der Waals surface area contributed by atoms with Gasteiger partial charge in [-0.15, -0.1) is 0 Å². The fourth-order valence-electron chi connectivity index (χ4n) is 7.23. The highest BCUT2D eigenvalue weighted by atomic mass is 19.1. The minimum absolute atomic E-state index is 0.0272. The fourth-order valence-corrected chi connectivity index (χ4v) is 7.23. The predicted octanol–water partition coefficient (Wildman–Crippen LogP) is 6.43. The van der Waals surface area contributed by atoms with E-state index in [1.165, 1.54) is 17.2 Å². The number of nitrogens with zero attached hydrogens (tertiary/aromatic N) is 2. The molecule has 0 spiro atoms. The van der Waals surface area contributed by atoms with Gasteiger partial charge in [0.15, 0.2) is 17.3 Å². The number of amides is 2. The molecule has 0 aliphatic carbocycles. The Balaban J connectivity index is 1.21. The maximum atomic E-state index is 16.0. The number of rotatable bonds is 6. The Bertz CT molecular complexity index is 2210. The summed E-state index contributed by atoms with van der Waals surface area (Å²) in [5.41, 5.74) is 1.01. The SMILES string of the molecule is CC(C)(C)OC(=O)NC1CCN(C(=O)c2cn3c4c(c(NCCC5CCCN5)c(F)cc4c2=O)Oc2cc4c(cc2-3)oc2ccccc24)C1. The summed E-state index contributed by atoms with van der Waals surface area (Å²) in [4.78, 5) is 42.0. The lowest BCUT2D eigenvalue weighted by Crippen LogP contribution is -2.41. The Kier molecular flexibility index (Phi) is 7.51. The van der Waals surface area contributed by atoms with Crippen LogP contribution in [0.5, 0.6) is 11.5 Å². The van der Waals surface area contributed by atoms with Gasteiger partial charge in [0.2, 0.25) is 5.43 Å². The van der Waals surface area contributed by atoms with Gasteiger partial charge in [0, 0.05) is 48.7 Å². The third-order valence-electron chi connectivity index (χ3n) is 9.51. The largest absolute Gasteiger partial charge is 0.456 e. The molecule has 0 saturated carbocycles. The number of hydrogen-bond donors (Lipinski definition) is 3. The van der Waals surface area contributed by atoms with E-state index in [9.17, 15) is 14.4 Å². The number of carbonyl (C=O) groups excluding carboxylic acids is 2. The maximum absolute atomic E-state index is 16.0. The molecule has 2 aromatic heterocycles. The predicted molar refractivity (Wildman–Crippen MR) is 185 cm³/mol. The Hall–Kier alpha value is -5.10. The van der Waals surface area contributed by atoms with E-state index < -0.39 is 28.8 Å². The summed E-state index contributed by atoms with van der Waals surface area (Å²) in [5, 5.41) is 11.3. The Morgan fingerprint density at radius 2 is 1.92 bits per heavy atom. The van der Waals surface area contributed by atoms with Crippen LogP contribution >= 0.6 is 0 Å². The monoisotopic (exact) mass is 667 g/mol. The lowest BCUT2D eigenvalue weighted by atomic mass is 10.0. The molecule has 11 nitrogen and oxygen atoms in total. The van der Waals surface area contributed by atoms with Gasteiger partial charge < -0.3 is 39.3 Å². The summed E-state index contributed by atoms with van der Waals surface area (Å²) in [6.07, 6.45) is 4.43. The summed E-state index contributed by atoms with van der Waals surface area (Å²) in [5.74, 6) is -0.525. The fraction of sp³-hybridized carbons (Fsp3) is 0.378. The highest BCUT2D eigenvalue weighted by molar-refractivity contribution is 6.07. The van der Waals surface area contributed by atoms with Gasteiger partial charge in [0.05, 0.1) is 17.1 Å². The van der Waals surface area contributed by atoms with E-state index in [0.717, 1.165) is 36.6 Å². The van der Waals surface area contributed by atoms with Crippen LogP contribution in [-0.4, -0.2) is 65.3 Å². The molecule has 3 aliphatic heterocycles. The molecule has 49 heavy (non-hydrogen) atoms. The van der Waals surface area contributed by atoms with E-state index in [2.05, 4.69) is 16.0 Å². The Labute approximate surface area is 281 Å². The lowest BCUT2D eigenvalue weighted by molar-refractivity contribution is 0.0502. The number of halogens is 1. The molecule has 2 saturated heterocycles. The Morgan fingerprint density at radius 3 is 2.71 bits per heavy atom. The molecule has 2 fully saturated rings. The molecule has 254 valence electrons. The number of hydrogen-bond acceptors (Lipinski definition) is 8. The molecule has 0 bridgehead atoms. The maximum Gasteiger partial charge on any atom is 0.407 e. The number of pyridine rings is 1. The number of aromatic nitrogens is 1. The van der Waals surface area contributed by atoms with Crippen LogP contribution in [0.1, 0.15) is 56.8 Å². The van der Waals surface area contributed by atoms with Crippen LogP contribution in [-0.2, 0) is 4.74 Å². The van der Waals surface area contributed by atoms with Crippen molar-refractivity contribution in [2.45, 2.75) is 64.1 Å². The molecule has 0 radical (unpaired) electrons. The van der Waals surface area contributed by atoms with Gasteiger partial charge in [0.1, 0.15) is 33.5 Å². The van der Waals surface area contributed by atoms with Gasteiger partial charge >= 0.3 is 6.09 Å². The number of furan rings is 1. The first-order chi connectivity index (χ1) is 23.5. The second-order valence-corrected chi connectivity index (χ2v) is 14.1. The molecule has 2 amide bonds. The van der Waals surface area contributed by atoms with E-state index in [1.54, 1.807) is 25.3 Å². The molecule has 5 aromatic rings. The average molecular weight is 668 g/mol. The Morgan fingerprint density at radius 1 is 1.08 bits per heavy atom. The number of alkyl carbamates (subject to hydrolysis) is 1. The van der Waals surface area contributed by atoms with Crippen LogP contribution in [0.25, 0.3) is 38.5 Å². The molecule has 5 heterocycles. The zero-order chi connectivity index (χ0) is 34.0. The third kappa shape index (κ3) is 5.63. The highest BCUT2D eigenvalue weighted by Crippen LogP contribution is 2.47. The number of nitrogens with one attached hydrogen (secondary N) is 3. The van der Waals surface area contributed by atoms with E-state index in [-0.39, 0.29) is 35.0 Å². The number of likely N-dealkylation sites (tertiary alicyclic amines) is 1. The zero-order valence-electron chi connectivity index (χ0n) is 27.7. The first kappa shape index (κ1) is 31.2. The molecule has 8 rings (SSSR count). The van der Waals surface area contributed by atoms with Crippen LogP contribution in [0, 0.1) is 5.82 Å². The zero-order valence-corrected chi connectivity index (χ0v) is 27.7. The minimum Gasteiger partial charge on any atom is -0.456 e.